The van der Waals surface area contributed by atoms with Gasteiger partial charge < -0.3 is 15.5 Å². The third-order valence-electron chi connectivity index (χ3n) is 7.03. The Morgan fingerprint density at radius 2 is 1.97 bits per heavy atom. The van der Waals surface area contributed by atoms with E-state index in [1.807, 2.05) is 0 Å². The van der Waals surface area contributed by atoms with Gasteiger partial charge in [0.25, 0.3) is 5.91 Å². The second kappa shape index (κ2) is 7.59. The van der Waals surface area contributed by atoms with Gasteiger partial charge in [0.05, 0.1) is 12.1 Å². The first kappa shape index (κ1) is 21.0. The van der Waals surface area contributed by atoms with E-state index < -0.39 is 11.0 Å². The number of nitrogens with one attached hydrogen (secondary N) is 2. The molecule has 2 aliphatic carbocycles. The molecule has 0 aromatic carbocycles. The summed E-state index contributed by atoms with van der Waals surface area (Å²) in [5, 5.41) is 29.3. The van der Waals surface area contributed by atoms with E-state index in [2.05, 4.69) is 32.9 Å². The van der Waals surface area contributed by atoms with Gasteiger partial charge >= 0.3 is 0 Å². The second-order valence-electron chi connectivity index (χ2n) is 9.13. The third-order valence-corrected chi connectivity index (χ3v) is 7.03. The minimum Gasteiger partial charge on any atom is -0.332 e. The first-order valence-electron chi connectivity index (χ1n) is 11.1. The Labute approximate surface area is 191 Å². The van der Waals surface area contributed by atoms with Crippen LogP contribution in [0.3, 0.4) is 0 Å². The number of pyridine rings is 1. The Morgan fingerprint density at radius 3 is 2.61 bits per heavy atom. The number of nitrogens with zero attached hydrogens (tertiary/aromatic N) is 6. The number of anilines is 3. The van der Waals surface area contributed by atoms with Crippen molar-refractivity contribution in [1.29, 1.82) is 10.5 Å². The molecule has 1 atom stereocenters. The monoisotopic (exact) mass is 444 g/mol. The van der Waals surface area contributed by atoms with Crippen LogP contribution in [0, 0.1) is 34.0 Å². The lowest BCUT2D eigenvalue weighted by molar-refractivity contribution is -0.123. The SMILES string of the molecule is Cn1nc(Nc2cc(N3CC[C@@](C#N)(C4CC4)C3=O)ccn2)cc1C(=O)NC1(C#N)CCC1. The number of carbonyl (C=O) groups is 2. The van der Waals surface area contributed by atoms with Crippen molar-refractivity contribution in [3.8, 4) is 12.1 Å². The molecule has 2 aromatic rings. The molecule has 10 nitrogen and oxygen atoms in total. The molecule has 0 bridgehead atoms. The average Bonchev–Trinajstić information content (AvgIpc) is 3.49. The lowest BCUT2D eigenvalue weighted by Crippen LogP contribution is -2.52. The molecule has 0 radical (unpaired) electrons. The molecule has 0 spiro atoms. The number of hydrogen-bond acceptors (Lipinski definition) is 7. The van der Waals surface area contributed by atoms with Crippen molar-refractivity contribution >= 4 is 29.1 Å². The van der Waals surface area contributed by atoms with Crippen LogP contribution in [0.2, 0.25) is 0 Å². The fraction of sp³-hybridized carbons (Fsp3) is 0.478. The molecule has 1 saturated heterocycles. The summed E-state index contributed by atoms with van der Waals surface area (Å²) in [6, 6.07) is 9.59. The van der Waals surface area contributed by atoms with E-state index >= 15 is 0 Å². The van der Waals surface area contributed by atoms with Gasteiger partial charge in [0.1, 0.15) is 22.5 Å². The Balaban J connectivity index is 1.31. The maximum absolute atomic E-state index is 13.1. The predicted molar refractivity (Wildman–Crippen MR) is 118 cm³/mol. The Bertz CT molecular complexity index is 1210. The second-order valence-corrected chi connectivity index (χ2v) is 9.13. The predicted octanol–water partition coefficient (Wildman–Crippen LogP) is 2.39. The summed E-state index contributed by atoms with van der Waals surface area (Å²) >= 11 is 0. The van der Waals surface area contributed by atoms with E-state index in [4.69, 9.17) is 0 Å². The van der Waals surface area contributed by atoms with Crippen molar-refractivity contribution in [2.45, 2.75) is 44.1 Å². The lowest BCUT2D eigenvalue weighted by atomic mass is 9.78. The molecule has 2 aromatic heterocycles. The van der Waals surface area contributed by atoms with Gasteiger partial charge in [0, 0.05) is 37.6 Å². The van der Waals surface area contributed by atoms with E-state index in [1.165, 1.54) is 4.68 Å². The number of carbonyl (C=O) groups excluding carboxylic acids is 2. The van der Waals surface area contributed by atoms with Gasteiger partial charge in [0.2, 0.25) is 5.91 Å². The number of hydrogen-bond donors (Lipinski definition) is 2. The molecule has 5 rings (SSSR count). The fourth-order valence-electron chi connectivity index (χ4n) is 4.74. The maximum Gasteiger partial charge on any atom is 0.270 e. The van der Waals surface area contributed by atoms with Crippen molar-refractivity contribution in [2.75, 3.05) is 16.8 Å². The molecule has 1 aliphatic heterocycles. The highest BCUT2D eigenvalue weighted by molar-refractivity contribution is 6.02. The number of amides is 2. The number of rotatable bonds is 6. The van der Waals surface area contributed by atoms with Gasteiger partial charge in [-0.25, -0.2) is 4.98 Å². The summed E-state index contributed by atoms with van der Waals surface area (Å²) in [5.74, 6) is 0.570. The van der Waals surface area contributed by atoms with E-state index in [1.54, 1.807) is 36.3 Å². The van der Waals surface area contributed by atoms with Crippen LogP contribution >= 0.6 is 0 Å². The molecule has 3 fully saturated rings. The highest BCUT2D eigenvalue weighted by atomic mass is 16.2. The van der Waals surface area contributed by atoms with Crippen LogP contribution < -0.4 is 15.5 Å². The minimum absolute atomic E-state index is 0.135. The first-order chi connectivity index (χ1) is 15.9. The van der Waals surface area contributed by atoms with Crippen LogP contribution in [0.1, 0.15) is 49.0 Å². The molecule has 33 heavy (non-hydrogen) atoms. The molecular weight excluding hydrogens is 420 g/mol. The van der Waals surface area contributed by atoms with Gasteiger partial charge in [-0.2, -0.15) is 15.6 Å². The van der Waals surface area contributed by atoms with Gasteiger partial charge in [-0.05, 0) is 50.5 Å². The molecule has 2 amide bonds. The Morgan fingerprint density at radius 1 is 1.18 bits per heavy atom. The van der Waals surface area contributed by atoms with Crippen molar-refractivity contribution in [3.05, 3.63) is 30.1 Å². The van der Waals surface area contributed by atoms with Gasteiger partial charge in [0.15, 0.2) is 5.82 Å². The zero-order chi connectivity index (χ0) is 23.2. The fourth-order valence-corrected chi connectivity index (χ4v) is 4.74. The average molecular weight is 444 g/mol. The van der Waals surface area contributed by atoms with Crippen molar-refractivity contribution in [2.24, 2.45) is 18.4 Å². The highest BCUT2D eigenvalue weighted by Crippen LogP contribution is 2.51. The number of aromatic nitrogens is 3. The van der Waals surface area contributed by atoms with Crippen LogP contribution in [0.5, 0.6) is 0 Å². The van der Waals surface area contributed by atoms with Crippen molar-refractivity contribution in [3.63, 3.8) is 0 Å². The molecule has 2 saturated carbocycles. The maximum atomic E-state index is 13.1. The molecule has 0 unspecified atom stereocenters. The van der Waals surface area contributed by atoms with E-state index in [-0.39, 0.29) is 17.7 Å². The van der Waals surface area contributed by atoms with Gasteiger partial charge in [-0.3, -0.25) is 14.3 Å². The molecular formula is C23H24N8O2. The largest absolute Gasteiger partial charge is 0.332 e. The van der Waals surface area contributed by atoms with Crippen LogP contribution in [0.4, 0.5) is 17.3 Å². The molecule has 3 heterocycles. The van der Waals surface area contributed by atoms with Crippen molar-refractivity contribution < 1.29 is 9.59 Å². The van der Waals surface area contributed by atoms with E-state index in [0.29, 0.717) is 48.8 Å². The summed E-state index contributed by atoms with van der Waals surface area (Å²) in [7, 11) is 1.66. The normalized spacial score (nSPS) is 23.4. The lowest BCUT2D eigenvalue weighted by Gasteiger charge is -2.35. The topological polar surface area (TPSA) is 140 Å². The summed E-state index contributed by atoms with van der Waals surface area (Å²) in [4.78, 5) is 31.7. The Hall–Kier alpha value is -3.92. The van der Waals surface area contributed by atoms with Crippen LogP contribution in [0.15, 0.2) is 24.4 Å². The number of nitriles is 2. The zero-order valence-corrected chi connectivity index (χ0v) is 18.3. The molecule has 10 heteroatoms. The molecule has 2 N–H and O–H groups in total. The molecule has 168 valence electrons. The summed E-state index contributed by atoms with van der Waals surface area (Å²) < 4.78 is 1.45. The standard InChI is InChI=1S/C23H24N8O2/c1-30-17(20(32)28-22(13-24)6-2-7-22)12-19(29-30)27-18-11-16(5-9-26-18)31-10-8-23(14-25,21(31)33)15-3-4-15/h5,9,11-12,15H,2-4,6-8,10H2,1H3,(H,28,32)(H,26,27,29)/t23-/m1/s1. The Kier molecular flexibility index (Phi) is 4.82. The van der Waals surface area contributed by atoms with E-state index in [9.17, 15) is 20.1 Å². The van der Waals surface area contributed by atoms with Gasteiger partial charge in [-0.15, -0.1) is 0 Å². The van der Waals surface area contributed by atoms with Gasteiger partial charge in [-0.1, -0.05) is 0 Å². The quantitative estimate of drug-likeness (QED) is 0.697. The summed E-state index contributed by atoms with van der Waals surface area (Å²) in [6.45, 7) is 0.501. The highest BCUT2D eigenvalue weighted by Gasteiger charge is 2.56. The van der Waals surface area contributed by atoms with Crippen LogP contribution in [-0.2, 0) is 11.8 Å². The molecule has 3 aliphatic rings. The van der Waals surface area contributed by atoms with Crippen LogP contribution in [0.25, 0.3) is 0 Å². The minimum atomic E-state index is -0.901. The third kappa shape index (κ3) is 3.48. The summed E-state index contributed by atoms with van der Waals surface area (Å²) in [5.41, 5.74) is -0.689. The van der Waals surface area contributed by atoms with E-state index in [0.717, 1.165) is 19.3 Å². The smallest absolute Gasteiger partial charge is 0.270 e. The van der Waals surface area contributed by atoms with Crippen LogP contribution in [-0.4, -0.2) is 38.7 Å². The zero-order valence-electron chi connectivity index (χ0n) is 18.3. The summed E-state index contributed by atoms with van der Waals surface area (Å²) in [6.07, 6.45) is 6.22. The first-order valence-corrected chi connectivity index (χ1v) is 11.1. The number of aryl methyl sites for hydroxylation is 1. The van der Waals surface area contributed by atoms with Crippen molar-refractivity contribution in [1.82, 2.24) is 20.1 Å².